The van der Waals surface area contributed by atoms with Gasteiger partial charge in [-0.15, -0.1) is 0 Å². The van der Waals surface area contributed by atoms with E-state index in [1.807, 2.05) is 37.3 Å². The van der Waals surface area contributed by atoms with E-state index < -0.39 is 5.41 Å². The first-order valence-corrected chi connectivity index (χ1v) is 8.61. The average Bonchev–Trinajstić information content (AvgIpc) is 3.32. The van der Waals surface area contributed by atoms with Crippen molar-refractivity contribution < 1.29 is 9.53 Å². The van der Waals surface area contributed by atoms with Crippen LogP contribution in [0.2, 0.25) is 0 Å². The molecule has 1 amide bonds. The molecule has 1 aliphatic heterocycles. The molecule has 2 heterocycles. The van der Waals surface area contributed by atoms with Crippen molar-refractivity contribution in [3.05, 3.63) is 64.1 Å². The molecule has 0 bridgehead atoms. The van der Waals surface area contributed by atoms with Gasteiger partial charge in [-0.25, -0.2) is 4.68 Å². The van der Waals surface area contributed by atoms with Crippen molar-refractivity contribution in [2.75, 3.05) is 13.2 Å². The van der Waals surface area contributed by atoms with Gasteiger partial charge in [-0.2, -0.15) is 5.10 Å². The second kappa shape index (κ2) is 6.11. The number of hydrogen-bond acceptors (Lipinski definition) is 4. The van der Waals surface area contributed by atoms with Crippen LogP contribution >= 0.6 is 0 Å². The predicted octanol–water partition coefficient (Wildman–Crippen LogP) is 1.34. The van der Waals surface area contributed by atoms with E-state index in [1.54, 1.807) is 6.07 Å². The number of amides is 1. The van der Waals surface area contributed by atoms with Gasteiger partial charge < -0.3 is 10.1 Å². The molecule has 6 nitrogen and oxygen atoms in total. The maximum absolute atomic E-state index is 12.9. The van der Waals surface area contributed by atoms with Crippen LogP contribution in [-0.2, 0) is 14.9 Å². The van der Waals surface area contributed by atoms with Gasteiger partial charge in [0.05, 0.1) is 30.4 Å². The molecule has 25 heavy (non-hydrogen) atoms. The number of aryl methyl sites for hydroxylation is 1. The number of nitrogens with one attached hydrogen (secondary N) is 1. The minimum absolute atomic E-state index is 0.0138. The van der Waals surface area contributed by atoms with Gasteiger partial charge in [-0.05, 0) is 31.4 Å². The molecule has 0 radical (unpaired) electrons. The average molecular weight is 339 g/mol. The molecular weight excluding hydrogens is 318 g/mol. The summed E-state index contributed by atoms with van der Waals surface area (Å²) in [7, 11) is 0. The molecule has 2 unspecified atom stereocenters. The minimum Gasteiger partial charge on any atom is -0.377 e. The van der Waals surface area contributed by atoms with E-state index in [4.69, 9.17) is 4.74 Å². The molecule has 1 aromatic carbocycles. The second-order valence-electron chi connectivity index (χ2n) is 6.89. The molecule has 1 aliphatic carbocycles. The first-order chi connectivity index (χ1) is 12.1. The highest BCUT2D eigenvalue weighted by Crippen LogP contribution is 2.48. The van der Waals surface area contributed by atoms with E-state index in [0.717, 1.165) is 24.1 Å². The Bertz CT molecular complexity index is 842. The zero-order valence-corrected chi connectivity index (χ0v) is 14.1. The van der Waals surface area contributed by atoms with E-state index in [-0.39, 0.29) is 23.6 Å². The number of aromatic nitrogens is 2. The Morgan fingerprint density at radius 3 is 2.68 bits per heavy atom. The SMILES string of the molecule is Cc1ccc(=O)n(C2COCC2NC(=O)C2(c3ccccc3)CC2)n1. The van der Waals surface area contributed by atoms with Crippen LogP contribution in [0.1, 0.15) is 30.1 Å². The van der Waals surface area contributed by atoms with Gasteiger partial charge in [0.25, 0.3) is 5.56 Å². The van der Waals surface area contributed by atoms with Crippen molar-refractivity contribution in [2.45, 2.75) is 37.3 Å². The molecule has 2 atom stereocenters. The van der Waals surface area contributed by atoms with E-state index in [2.05, 4.69) is 10.4 Å². The largest absolute Gasteiger partial charge is 0.377 e. The maximum atomic E-state index is 12.9. The van der Waals surface area contributed by atoms with E-state index in [0.29, 0.717) is 13.2 Å². The third-order valence-electron chi connectivity index (χ3n) is 5.15. The molecule has 130 valence electrons. The number of nitrogens with zero attached hydrogens (tertiary/aromatic N) is 2. The summed E-state index contributed by atoms with van der Waals surface area (Å²) in [4.78, 5) is 25.1. The fourth-order valence-electron chi connectivity index (χ4n) is 3.52. The van der Waals surface area contributed by atoms with Crippen LogP contribution in [-0.4, -0.2) is 34.9 Å². The molecule has 1 N–H and O–H groups in total. The lowest BCUT2D eigenvalue weighted by Crippen LogP contribution is -2.47. The topological polar surface area (TPSA) is 73.2 Å². The van der Waals surface area contributed by atoms with Gasteiger partial charge in [0.2, 0.25) is 5.91 Å². The monoisotopic (exact) mass is 339 g/mol. The van der Waals surface area contributed by atoms with Gasteiger partial charge >= 0.3 is 0 Å². The van der Waals surface area contributed by atoms with Crippen molar-refractivity contribution in [3.8, 4) is 0 Å². The van der Waals surface area contributed by atoms with Crippen molar-refractivity contribution in [1.29, 1.82) is 0 Å². The number of hydrogen-bond donors (Lipinski definition) is 1. The Morgan fingerprint density at radius 1 is 1.20 bits per heavy atom. The van der Waals surface area contributed by atoms with Crippen LogP contribution in [0.25, 0.3) is 0 Å². The molecular formula is C19H21N3O3. The summed E-state index contributed by atoms with van der Waals surface area (Å²) >= 11 is 0. The summed E-state index contributed by atoms with van der Waals surface area (Å²) in [5, 5.41) is 7.43. The summed E-state index contributed by atoms with van der Waals surface area (Å²) in [5.74, 6) is 0.0138. The van der Waals surface area contributed by atoms with Crippen molar-refractivity contribution in [3.63, 3.8) is 0 Å². The Balaban J connectivity index is 1.55. The Hall–Kier alpha value is -2.47. The van der Waals surface area contributed by atoms with Gasteiger partial charge in [0.1, 0.15) is 6.04 Å². The van der Waals surface area contributed by atoms with E-state index >= 15 is 0 Å². The fourth-order valence-corrected chi connectivity index (χ4v) is 3.52. The standard InChI is InChI=1S/C19H21N3O3/c1-13-7-8-17(23)22(21-13)16-12-25-11-15(16)20-18(24)19(9-10-19)14-5-3-2-4-6-14/h2-8,15-16H,9-12H2,1H3,(H,20,24). The van der Waals surface area contributed by atoms with Gasteiger partial charge in [0, 0.05) is 6.07 Å². The summed E-state index contributed by atoms with van der Waals surface area (Å²) in [5.41, 5.74) is 1.21. The van der Waals surface area contributed by atoms with Crippen LogP contribution in [0.3, 0.4) is 0 Å². The lowest BCUT2D eigenvalue weighted by Gasteiger charge is -2.23. The highest BCUT2D eigenvalue weighted by molar-refractivity contribution is 5.91. The summed E-state index contributed by atoms with van der Waals surface area (Å²) in [6.07, 6.45) is 1.70. The molecule has 2 fully saturated rings. The van der Waals surface area contributed by atoms with E-state index in [9.17, 15) is 9.59 Å². The highest BCUT2D eigenvalue weighted by Gasteiger charge is 2.52. The van der Waals surface area contributed by atoms with Gasteiger partial charge in [0.15, 0.2) is 0 Å². The maximum Gasteiger partial charge on any atom is 0.267 e. The molecule has 1 saturated carbocycles. The highest BCUT2D eigenvalue weighted by atomic mass is 16.5. The van der Waals surface area contributed by atoms with Crippen LogP contribution in [0, 0.1) is 6.92 Å². The van der Waals surface area contributed by atoms with Crippen LogP contribution < -0.4 is 10.9 Å². The van der Waals surface area contributed by atoms with Crippen molar-refractivity contribution >= 4 is 5.91 Å². The molecule has 6 heteroatoms. The normalized spacial score (nSPS) is 24.0. The lowest BCUT2D eigenvalue weighted by molar-refractivity contribution is -0.124. The quantitative estimate of drug-likeness (QED) is 0.912. The Morgan fingerprint density at radius 2 is 1.96 bits per heavy atom. The summed E-state index contributed by atoms with van der Waals surface area (Å²) in [6.45, 7) is 2.61. The fraction of sp³-hybridized carbons (Fsp3) is 0.421. The zero-order chi connectivity index (χ0) is 17.4. The third kappa shape index (κ3) is 2.87. The van der Waals surface area contributed by atoms with Crippen LogP contribution in [0.15, 0.2) is 47.3 Å². The Kier molecular flexibility index (Phi) is 3.92. The van der Waals surface area contributed by atoms with Gasteiger partial charge in [-0.1, -0.05) is 30.3 Å². The zero-order valence-electron chi connectivity index (χ0n) is 14.1. The molecule has 1 saturated heterocycles. The predicted molar refractivity (Wildman–Crippen MR) is 92.4 cm³/mol. The molecule has 2 aromatic rings. The molecule has 1 aromatic heterocycles. The van der Waals surface area contributed by atoms with Gasteiger partial charge in [-0.3, -0.25) is 9.59 Å². The lowest BCUT2D eigenvalue weighted by atomic mass is 9.94. The van der Waals surface area contributed by atoms with Crippen molar-refractivity contribution in [1.82, 2.24) is 15.1 Å². The van der Waals surface area contributed by atoms with Crippen LogP contribution in [0.4, 0.5) is 0 Å². The number of ether oxygens (including phenoxy) is 1. The first kappa shape index (κ1) is 16.0. The number of rotatable bonds is 4. The second-order valence-corrected chi connectivity index (χ2v) is 6.89. The minimum atomic E-state index is -0.431. The van der Waals surface area contributed by atoms with Crippen molar-refractivity contribution in [2.24, 2.45) is 0 Å². The number of carbonyl (C=O) groups is 1. The Labute approximate surface area is 145 Å². The molecule has 0 spiro atoms. The smallest absolute Gasteiger partial charge is 0.267 e. The number of carbonyl (C=O) groups excluding carboxylic acids is 1. The summed E-state index contributed by atoms with van der Waals surface area (Å²) in [6, 6.07) is 12.5. The molecule has 4 rings (SSSR count). The number of benzene rings is 1. The van der Waals surface area contributed by atoms with Crippen LogP contribution in [0.5, 0.6) is 0 Å². The third-order valence-corrected chi connectivity index (χ3v) is 5.15. The first-order valence-electron chi connectivity index (χ1n) is 8.61. The summed E-state index contributed by atoms with van der Waals surface area (Å²) < 4.78 is 6.98. The van der Waals surface area contributed by atoms with E-state index in [1.165, 1.54) is 10.7 Å². The molecule has 2 aliphatic rings.